The smallest absolute Gasteiger partial charge is 0.309 e. The molecular formula is C14H17ClN2O4. The van der Waals surface area contributed by atoms with Crippen molar-refractivity contribution in [1.29, 1.82) is 0 Å². The van der Waals surface area contributed by atoms with Gasteiger partial charge in [0, 0.05) is 18.5 Å². The van der Waals surface area contributed by atoms with E-state index in [-0.39, 0.29) is 23.6 Å². The van der Waals surface area contributed by atoms with Crippen LogP contribution in [0.5, 0.6) is 0 Å². The van der Waals surface area contributed by atoms with E-state index in [1.54, 1.807) is 0 Å². The van der Waals surface area contributed by atoms with E-state index in [1.807, 2.05) is 0 Å². The predicted octanol–water partition coefficient (Wildman–Crippen LogP) is 2.14. The Hall–Kier alpha value is -2.08. The Labute approximate surface area is 127 Å². The zero-order valence-electron chi connectivity index (χ0n) is 12.0. The average Bonchev–Trinajstić information content (AvgIpc) is 2.37. The molecule has 0 saturated carbocycles. The van der Waals surface area contributed by atoms with Gasteiger partial charge in [-0.2, -0.15) is 0 Å². The molecular weight excluding hydrogens is 296 g/mol. The second kappa shape index (κ2) is 6.58. The van der Waals surface area contributed by atoms with Gasteiger partial charge in [0.05, 0.1) is 16.7 Å². The molecule has 3 N–H and O–H groups in total. The first-order chi connectivity index (χ1) is 9.67. The van der Waals surface area contributed by atoms with Crippen molar-refractivity contribution in [1.82, 2.24) is 5.32 Å². The summed E-state index contributed by atoms with van der Waals surface area (Å²) < 4.78 is 0. The number of hydrogen-bond donors (Lipinski definition) is 3. The molecule has 1 rings (SSSR count). The number of carboxylic acids is 1. The minimum Gasteiger partial charge on any atom is -0.481 e. The Morgan fingerprint density at radius 1 is 1.29 bits per heavy atom. The van der Waals surface area contributed by atoms with Gasteiger partial charge in [0.15, 0.2) is 0 Å². The molecule has 114 valence electrons. The van der Waals surface area contributed by atoms with Crippen LogP contribution in [0.2, 0.25) is 5.02 Å². The van der Waals surface area contributed by atoms with Crippen LogP contribution in [-0.2, 0) is 9.59 Å². The molecule has 0 aromatic heterocycles. The minimum atomic E-state index is -1.20. The molecule has 0 fully saturated rings. The molecule has 6 nitrogen and oxygen atoms in total. The number of carbonyl (C=O) groups excluding carboxylic acids is 2. The number of carboxylic acid groups (broad SMARTS) is 1. The highest BCUT2D eigenvalue weighted by Crippen LogP contribution is 2.24. The standard InChI is InChI=1S/C14H17ClN2O4/c1-14(2,13(20)21)7-11(18)17-10-6-8(15)4-5-9(10)12(19)16-3/h4-6H,7H2,1-3H3,(H,16,19)(H,17,18)(H,20,21). The summed E-state index contributed by atoms with van der Waals surface area (Å²) in [5.41, 5.74) is -0.702. The fourth-order valence-corrected chi connectivity index (χ4v) is 1.80. The first-order valence-corrected chi connectivity index (χ1v) is 6.60. The summed E-state index contributed by atoms with van der Waals surface area (Å²) in [6, 6.07) is 4.46. The quantitative estimate of drug-likeness (QED) is 0.776. The van der Waals surface area contributed by atoms with Crippen LogP contribution in [0.4, 0.5) is 5.69 Å². The summed E-state index contributed by atoms with van der Waals surface area (Å²) in [5, 5.41) is 14.4. The lowest BCUT2D eigenvalue weighted by molar-refractivity contribution is -0.148. The Bertz CT molecular complexity index is 584. The molecule has 0 aliphatic heterocycles. The number of halogens is 1. The van der Waals surface area contributed by atoms with Crippen LogP contribution in [0.3, 0.4) is 0 Å². The average molecular weight is 313 g/mol. The molecule has 7 heteroatoms. The van der Waals surface area contributed by atoms with Crippen molar-refractivity contribution in [3.05, 3.63) is 28.8 Å². The van der Waals surface area contributed by atoms with E-state index in [9.17, 15) is 14.4 Å². The number of anilines is 1. The van der Waals surface area contributed by atoms with E-state index in [1.165, 1.54) is 39.1 Å². The molecule has 21 heavy (non-hydrogen) atoms. The van der Waals surface area contributed by atoms with E-state index in [0.29, 0.717) is 5.02 Å². The maximum absolute atomic E-state index is 12.0. The van der Waals surface area contributed by atoms with Gasteiger partial charge in [-0.15, -0.1) is 0 Å². The van der Waals surface area contributed by atoms with Gasteiger partial charge >= 0.3 is 5.97 Å². The summed E-state index contributed by atoms with van der Waals surface area (Å²) >= 11 is 5.85. The zero-order valence-corrected chi connectivity index (χ0v) is 12.7. The minimum absolute atomic E-state index is 0.220. The van der Waals surface area contributed by atoms with Gasteiger partial charge in [0.1, 0.15) is 0 Å². The zero-order chi connectivity index (χ0) is 16.2. The van der Waals surface area contributed by atoms with Crippen LogP contribution < -0.4 is 10.6 Å². The lowest BCUT2D eigenvalue weighted by Gasteiger charge is -2.19. The van der Waals surface area contributed by atoms with E-state index < -0.39 is 17.3 Å². The van der Waals surface area contributed by atoms with Crippen LogP contribution in [0.1, 0.15) is 30.6 Å². The van der Waals surface area contributed by atoms with Gasteiger partial charge < -0.3 is 15.7 Å². The summed E-state index contributed by atoms with van der Waals surface area (Å²) in [4.78, 5) is 34.7. The maximum Gasteiger partial charge on any atom is 0.309 e. The summed E-state index contributed by atoms with van der Waals surface area (Å²) in [6.07, 6.45) is -0.220. The summed E-state index contributed by atoms with van der Waals surface area (Å²) in [6.45, 7) is 2.90. The van der Waals surface area contributed by atoms with Gasteiger partial charge in [-0.3, -0.25) is 14.4 Å². The Balaban J connectivity index is 2.97. The van der Waals surface area contributed by atoms with Crippen molar-refractivity contribution in [3.63, 3.8) is 0 Å². The highest BCUT2D eigenvalue weighted by Gasteiger charge is 2.30. The third-order valence-corrected chi connectivity index (χ3v) is 3.14. The van der Waals surface area contributed by atoms with Crippen molar-refractivity contribution < 1.29 is 19.5 Å². The Kier molecular flexibility index (Phi) is 5.32. The van der Waals surface area contributed by atoms with E-state index in [0.717, 1.165) is 0 Å². The monoisotopic (exact) mass is 312 g/mol. The topological polar surface area (TPSA) is 95.5 Å². The lowest BCUT2D eigenvalue weighted by Crippen LogP contribution is -2.30. The number of aliphatic carboxylic acids is 1. The van der Waals surface area contributed by atoms with Crippen LogP contribution in [0.15, 0.2) is 18.2 Å². The molecule has 2 amide bonds. The molecule has 0 unspecified atom stereocenters. The van der Waals surface area contributed by atoms with Gasteiger partial charge in [0.2, 0.25) is 5.91 Å². The summed E-state index contributed by atoms with van der Waals surface area (Å²) in [7, 11) is 1.47. The highest BCUT2D eigenvalue weighted by molar-refractivity contribution is 6.31. The highest BCUT2D eigenvalue weighted by atomic mass is 35.5. The van der Waals surface area contributed by atoms with E-state index in [4.69, 9.17) is 16.7 Å². The lowest BCUT2D eigenvalue weighted by atomic mass is 9.89. The third-order valence-electron chi connectivity index (χ3n) is 2.91. The SMILES string of the molecule is CNC(=O)c1ccc(Cl)cc1NC(=O)CC(C)(C)C(=O)O. The van der Waals surface area contributed by atoms with Crippen molar-refractivity contribution in [2.24, 2.45) is 5.41 Å². The fraction of sp³-hybridized carbons (Fsp3) is 0.357. The largest absolute Gasteiger partial charge is 0.481 e. The molecule has 0 saturated heterocycles. The van der Waals surface area contributed by atoms with Crippen molar-refractivity contribution in [2.45, 2.75) is 20.3 Å². The van der Waals surface area contributed by atoms with Gasteiger partial charge in [0.25, 0.3) is 5.91 Å². The first kappa shape index (κ1) is 17.0. The molecule has 0 aliphatic rings. The van der Waals surface area contributed by atoms with Gasteiger partial charge in [-0.25, -0.2) is 0 Å². The Morgan fingerprint density at radius 3 is 2.43 bits per heavy atom. The predicted molar refractivity (Wildman–Crippen MR) is 79.5 cm³/mol. The van der Waals surface area contributed by atoms with Crippen LogP contribution in [0, 0.1) is 5.41 Å². The number of rotatable bonds is 5. The molecule has 0 heterocycles. The molecule has 1 aromatic rings. The molecule has 1 aromatic carbocycles. The summed E-state index contributed by atoms with van der Waals surface area (Å²) in [5.74, 6) is -1.95. The molecule has 0 radical (unpaired) electrons. The fourth-order valence-electron chi connectivity index (χ4n) is 1.62. The third kappa shape index (κ3) is 4.46. The molecule has 0 bridgehead atoms. The van der Waals surface area contributed by atoms with E-state index >= 15 is 0 Å². The normalized spacial score (nSPS) is 10.9. The second-order valence-electron chi connectivity index (χ2n) is 5.18. The van der Waals surface area contributed by atoms with Gasteiger partial charge in [-0.1, -0.05) is 11.6 Å². The van der Waals surface area contributed by atoms with E-state index in [2.05, 4.69) is 10.6 Å². The van der Waals surface area contributed by atoms with Crippen LogP contribution >= 0.6 is 11.6 Å². The van der Waals surface area contributed by atoms with Crippen molar-refractivity contribution in [2.75, 3.05) is 12.4 Å². The molecule has 0 aliphatic carbocycles. The second-order valence-corrected chi connectivity index (χ2v) is 5.62. The molecule has 0 spiro atoms. The van der Waals surface area contributed by atoms with Crippen LogP contribution in [-0.4, -0.2) is 29.9 Å². The first-order valence-electron chi connectivity index (χ1n) is 6.22. The van der Waals surface area contributed by atoms with Crippen molar-refractivity contribution in [3.8, 4) is 0 Å². The Morgan fingerprint density at radius 2 is 1.90 bits per heavy atom. The maximum atomic E-state index is 12.0. The molecule has 0 atom stereocenters. The number of benzene rings is 1. The number of carbonyl (C=O) groups is 3. The number of nitrogens with one attached hydrogen (secondary N) is 2. The van der Waals surface area contributed by atoms with Crippen molar-refractivity contribution >= 4 is 35.1 Å². The number of amides is 2. The van der Waals surface area contributed by atoms with Crippen LogP contribution in [0.25, 0.3) is 0 Å². The van der Waals surface area contributed by atoms with Gasteiger partial charge in [-0.05, 0) is 32.0 Å². The number of hydrogen-bond acceptors (Lipinski definition) is 3.